The normalized spacial score (nSPS) is 13.8. The summed E-state index contributed by atoms with van der Waals surface area (Å²) >= 11 is 1.37. The van der Waals surface area contributed by atoms with Crippen LogP contribution >= 0.6 is 11.3 Å². The number of carbonyl (C=O) groups is 1. The molecule has 3 aromatic rings. The van der Waals surface area contributed by atoms with E-state index in [0.29, 0.717) is 24.5 Å². The Balaban J connectivity index is 1.56. The predicted molar refractivity (Wildman–Crippen MR) is 92.0 cm³/mol. The van der Waals surface area contributed by atoms with Gasteiger partial charge in [0.2, 0.25) is 0 Å². The third-order valence-corrected chi connectivity index (χ3v) is 5.17. The summed E-state index contributed by atoms with van der Waals surface area (Å²) < 4.78 is 1.97. The highest BCUT2D eigenvalue weighted by molar-refractivity contribution is 7.13. The van der Waals surface area contributed by atoms with Gasteiger partial charge in [-0.1, -0.05) is 18.2 Å². The zero-order valence-electron chi connectivity index (χ0n) is 13.1. The van der Waals surface area contributed by atoms with Gasteiger partial charge in [0.15, 0.2) is 0 Å². The maximum atomic E-state index is 12.6. The summed E-state index contributed by atoms with van der Waals surface area (Å²) in [6, 6.07) is 10.1. The molecular formula is C17H17N5OS. The molecule has 1 amide bonds. The number of hydrogen-bond acceptors (Lipinski definition) is 5. The summed E-state index contributed by atoms with van der Waals surface area (Å²) in [6.07, 6.45) is 4.27. The van der Waals surface area contributed by atoms with E-state index >= 15 is 0 Å². The largest absolute Gasteiger partial charge is 0.333 e. The van der Waals surface area contributed by atoms with E-state index in [-0.39, 0.29) is 5.91 Å². The standard InChI is InChI=1S/C17H17N5OS/c18-8-16-19-10-15(24-16)17(23)21-7-6-14-12(11-21)9-20-22(14)13-4-2-1-3-5-13/h1-5,9-10H,6-8,11,18H2. The number of nitrogens with two attached hydrogens (primary N) is 1. The average molecular weight is 339 g/mol. The lowest BCUT2D eigenvalue weighted by Gasteiger charge is -2.27. The highest BCUT2D eigenvalue weighted by Gasteiger charge is 2.26. The van der Waals surface area contributed by atoms with Gasteiger partial charge in [-0.2, -0.15) is 5.10 Å². The van der Waals surface area contributed by atoms with Gasteiger partial charge in [-0.3, -0.25) is 4.79 Å². The summed E-state index contributed by atoms with van der Waals surface area (Å²) in [5.74, 6) is 0.0188. The van der Waals surface area contributed by atoms with Gasteiger partial charge in [-0.15, -0.1) is 11.3 Å². The second-order valence-corrected chi connectivity index (χ2v) is 6.78. The van der Waals surface area contributed by atoms with Crippen LogP contribution in [0.4, 0.5) is 0 Å². The van der Waals surface area contributed by atoms with Gasteiger partial charge in [0.25, 0.3) is 5.91 Å². The van der Waals surface area contributed by atoms with Crippen LogP contribution in [0.15, 0.2) is 42.7 Å². The SMILES string of the molecule is NCc1ncc(C(=O)N2CCc3c(cnn3-c3ccccc3)C2)s1. The van der Waals surface area contributed by atoms with E-state index in [1.165, 1.54) is 17.0 Å². The molecule has 3 heterocycles. The molecule has 0 saturated carbocycles. The fourth-order valence-corrected chi connectivity index (χ4v) is 3.72. The molecule has 24 heavy (non-hydrogen) atoms. The second kappa shape index (κ2) is 6.18. The van der Waals surface area contributed by atoms with Crippen LogP contribution in [0.2, 0.25) is 0 Å². The Hall–Kier alpha value is -2.51. The van der Waals surface area contributed by atoms with Crippen molar-refractivity contribution in [3.63, 3.8) is 0 Å². The maximum Gasteiger partial charge on any atom is 0.265 e. The van der Waals surface area contributed by atoms with Crippen molar-refractivity contribution >= 4 is 17.2 Å². The number of para-hydroxylation sites is 1. The van der Waals surface area contributed by atoms with E-state index < -0.39 is 0 Å². The number of amides is 1. The number of aromatic nitrogens is 3. The molecule has 1 aliphatic heterocycles. The van der Waals surface area contributed by atoms with E-state index in [4.69, 9.17) is 5.73 Å². The van der Waals surface area contributed by atoms with Crippen molar-refractivity contribution in [3.8, 4) is 5.69 Å². The average Bonchev–Trinajstić information content (AvgIpc) is 3.28. The van der Waals surface area contributed by atoms with Crippen LogP contribution in [-0.2, 0) is 19.5 Å². The lowest BCUT2D eigenvalue weighted by Crippen LogP contribution is -2.35. The first-order chi connectivity index (χ1) is 11.8. The maximum absolute atomic E-state index is 12.6. The molecule has 1 aromatic carbocycles. The van der Waals surface area contributed by atoms with E-state index in [1.807, 2.05) is 46.1 Å². The zero-order chi connectivity index (χ0) is 16.5. The van der Waals surface area contributed by atoms with Crippen molar-refractivity contribution in [2.45, 2.75) is 19.5 Å². The van der Waals surface area contributed by atoms with Gasteiger partial charge in [-0.05, 0) is 12.1 Å². The summed E-state index contributed by atoms with van der Waals surface area (Å²) in [5.41, 5.74) is 8.90. The van der Waals surface area contributed by atoms with Crippen LogP contribution < -0.4 is 5.73 Å². The highest BCUT2D eigenvalue weighted by atomic mass is 32.1. The molecule has 0 bridgehead atoms. The Morgan fingerprint density at radius 2 is 2.08 bits per heavy atom. The third-order valence-electron chi connectivity index (χ3n) is 4.16. The van der Waals surface area contributed by atoms with Crippen LogP contribution in [0.25, 0.3) is 5.69 Å². The fourth-order valence-electron chi connectivity index (χ4n) is 2.96. The van der Waals surface area contributed by atoms with Crippen molar-refractivity contribution in [3.05, 3.63) is 63.9 Å². The Morgan fingerprint density at radius 3 is 2.83 bits per heavy atom. The fraction of sp³-hybridized carbons (Fsp3) is 0.235. The number of carbonyl (C=O) groups excluding carboxylic acids is 1. The molecule has 0 atom stereocenters. The molecule has 122 valence electrons. The summed E-state index contributed by atoms with van der Waals surface area (Å²) in [7, 11) is 0. The minimum atomic E-state index is 0.0188. The van der Waals surface area contributed by atoms with Gasteiger partial charge in [0.05, 0.1) is 23.8 Å². The number of rotatable bonds is 3. The van der Waals surface area contributed by atoms with E-state index in [1.54, 1.807) is 6.20 Å². The van der Waals surface area contributed by atoms with Gasteiger partial charge >= 0.3 is 0 Å². The van der Waals surface area contributed by atoms with Crippen molar-refractivity contribution in [1.82, 2.24) is 19.7 Å². The topological polar surface area (TPSA) is 77.0 Å². The molecule has 2 aromatic heterocycles. The highest BCUT2D eigenvalue weighted by Crippen LogP contribution is 2.24. The van der Waals surface area contributed by atoms with Gasteiger partial charge in [0.1, 0.15) is 9.88 Å². The van der Waals surface area contributed by atoms with Crippen molar-refractivity contribution in [1.29, 1.82) is 0 Å². The van der Waals surface area contributed by atoms with Gasteiger partial charge < -0.3 is 10.6 Å². The summed E-state index contributed by atoms with van der Waals surface area (Å²) in [6.45, 7) is 1.63. The third kappa shape index (κ3) is 2.61. The van der Waals surface area contributed by atoms with Crippen LogP contribution in [0.1, 0.15) is 25.9 Å². The van der Waals surface area contributed by atoms with Crippen LogP contribution in [-0.4, -0.2) is 32.1 Å². The van der Waals surface area contributed by atoms with Gasteiger partial charge in [0, 0.05) is 31.6 Å². The smallest absolute Gasteiger partial charge is 0.265 e. The quantitative estimate of drug-likeness (QED) is 0.792. The molecule has 0 fully saturated rings. The Bertz CT molecular complexity index is 870. The van der Waals surface area contributed by atoms with Crippen LogP contribution in [0.5, 0.6) is 0 Å². The lowest BCUT2D eigenvalue weighted by molar-refractivity contribution is 0.0738. The molecule has 0 aliphatic carbocycles. The Labute approximate surface area is 143 Å². The minimum absolute atomic E-state index is 0.0188. The van der Waals surface area contributed by atoms with Crippen molar-refractivity contribution in [2.24, 2.45) is 5.73 Å². The van der Waals surface area contributed by atoms with Crippen LogP contribution in [0, 0.1) is 0 Å². The van der Waals surface area contributed by atoms with Crippen LogP contribution in [0.3, 0.4) is 0 Å². The number of thiazole rings is 1. The van der Waals surface area contributed by atoms with E-state index in [0.717, 1.165) is 22.7 Å². The van der Waals surface area contributed by atoms with E-state index in [9.17, 15) is 4.79 Å². The Morgan fingerprint density at radius 1 is 1.25 bits per heavy atom. The monoisotopic (exact) mass is 339 g/mol. The summed E-state index contributed by atoms with van der Waals surface area (Å²) in [4.78, 5) is 19.3. The minimum Gasteiger partial charge on any atom is -0.333 e. The van der Waals surface area contributed by atoms with Crippen molar-refractivity contribution in [2.75, 3.05) is 6.54 Å². The first-order valence-electron chi connectivity index (χ1n) is 7.81. The molecule has 6 nitrogen and oxygen atoms in total. The number of nitrogens with zero attached hydrogens (tertiary/aromatic N) is 4. The number of fused-ring (bicyclic) bond motifs is 1. The molecule has 0 unspecified atom stereocenters. The molecule has 0 spiro atoms. The molecular weight excluding hydrogens is 322 g/mol. The molecule has 1 aliphatic rings. The van der Waals surface area contributed by atoms with E-state index in [2.05, 4.69) is 10.1 Å². The predicted octanol–water partition coefficient (Wildman–Crippen LogP) is 1.99. The molecule has 2 N–H and O–H groups in total. The zero-order valence-corrected chi connectivity index (χ0v) is 13.9. The molecule has 0 saturated heterocycles. The summed E-state index contributed by atoms with van der Waals surface area (Å²) in [5, 5.41) is 5.29. The first-order valence-corrected chi connectivity index (χ1v) is 8.63. The van der Waals surface area contributed by atoms with Gasteiger partial charge in [-0.25, -0.2) is 9.67 Å². The molecule has 4 rings (SSSR count). The second-order valence-electron chi connectivity index (χ2n) is 5.66. The molecule has 0 radical (unpaired) electrons. The van der Waals surface area contributed by atoms with Crippen molar-refractivity contribution < 1.29 is 4.79 Å². The number of benzene rings is 1. The molecule has 7 heteroatoms. The lowest BCUT2D eigenvalue weighted by atomic mass is 10.1. The number of hydrogen-bond donors (Lipinski definition) is 1. The Kier molecular flexibility index (Phi) is 3.87. The first kappa shape index (κ1) is 15.0.